The number of carbonyl (C=O) groups is 1. The first kappa shape index (κ1) is 15.0. The van der Waals surface area contributed by atoms with Crippen LogP contribution in [0.15, 0.2) is 24.3 Å². The molecule has 0 spiro atoms. The number of hydrogen-bond acceptors (Lipinski definition) is 3. The summed E-state index contributed by atoms with van der Waals surface area (Å²) in [5, 5.41) is 3.06. The number of nitrogens with zero attached hydrogens (tertiary/aromatic N) is 1. The third-order valence-electron chi connectivity index (χ3n) is 3.85. The van der Waals surface area contributed by atoms with Crippen molar-refractivity contribution in [3.05, 3.63) is 35.4 Å². The Hall–Kier alpha value is -1.39. The van der Waals surface area contributed by atoms with Gasteiger partial charge in [-0.2, -0.15) is 0 Å². The van der Waals surface area contributed by atoms with E-state index in [-0.39, 0.29) is 17.9 Å². The minimum absolute atomic E-state index is 0.00399. The van der Waals surface area contributed by atoms with E-state index in [1.54, 1.807) is 0 Å². The second-order valence-electron chi connectivity index (χ2n) is 5.46. The van der Waals surface area contributed by atoms with Crippen LogP contribution in [0.5, 0.6) is 0 Å². The average Bonchev–Trinajstić information content (AvgIpc) is 2.47. The van der Waals surface area contributed by atoms with E-state index in [0.717, 1.165) is 0 Å². The maximum Gasteiger partial charge on any atom is 0.226 e. The van der Waals surface area contributed by atoms with Crippen LogP contribution in [0.25, 0.3) is 0 Å². The highest BCUT2D eigenvalue weighted by Crippen LogP contribution is 2.25. The van der Waals surface area contributed by atoms with Crippen molar-refractivity contribution in [1.82, 2.24) is 10.2 Å². The summed E-state index contributed by atoms with van der Waals surface area (Å²) in [5.74, 6) is 0.219. The summed E-state index contributed by atoms with van der Waals surface area (Å²) in [6.07, 6.45) is -0.00399. The molecule has 1 aromatic rings. The first-order valence-electron chi connectivity index (χ1n) is 7.24. The van der Waals surface area contributed by atoms with Crippen LogP contribution in [0.4, 0.5) is 0 Å². The van der Waals surface area contributed by atoms with E-state index in [4.69, 9.17) is 4.74 Å². The molecule has 4 heteroatoms. The molecule has 1 amide bonds. The summed E-state index contributed by atoms with van der Waals surface area (Å²) in [6.45, 7) is 6.72. The highest BCUT2D eigenvalue weighted by molar-refractivity contribution is 5.78. The molecule has 2 rings (SSSR count). The van der Waals surface area contributed by atoms with Gasteiger partial charge in [-0.3, -0.25) is 4.79 Å². The molecule has 4 nitrogen and oxygen atoms in total. The standard InChI is InChI=1S/C16H24N2O2/c1-12-6-4-5-7-14(12)15-11-18(8-9-20-15)16(19)13(2)10-17-3/h4-7,13,15,17H,8-11H2,1-3H3/t13-,15-/m1/s1. The fraction of sp³-hybridized carbons (Fsp3) is 0.562. The molecular weight excluding hydrogens is 252 g/mol. The van der Waals surface area contributed by atoms with E-state index in [2.05, 4.69) is 24.4 Å². The van der Waals surface area contributed by atoms with E-state index in [1.807, 2.05) is 31.0 Å². The Balaban J connectivity index is 2.05. The predicted octanol–water partition coefficient (Wildman–Crippen LogP) is 1.75. The Bertz CT molecular complexity index is 462. The molecule has 1 fully saturated rings. The van der Waals surface area contributed by atoms with Crippen LogP contribution in [0.1, 0.15) is 24.2 Å². The maximum atomic E-state index is 12.4. The molecule has 0 unspecified atom stereocenters. The van der Waals surface area contributed by atoms with E-state index in [0.29, 0.717) is 26.2 Å². The van der Waals surface area contributed by atoms with Crippen molar-refractivity contribution in [2.24, 2.45) is 5.92 Å². The lowest BCUT2D eigenvalue weighted by molar-refractivity contribution is -0.142. The van der Waals surface area contributed by atoms with Crippen molar-refractivity contribution in [3.8, 4) is 0 Å². The highest BCUT2D eigenvalue weighted by Gasteiger charge is 2.28. The Morgan fingerprint density at radius 1 is 1.50 bits per heavy atom. The molecule has 0 bridgehead atoms. The molecule has 1 aliphatic rings. The first-order valence-corrected chi connectivity index (χ1v) is 7.24. The minimum atomic E-state index is -0.00399. The van der Waals surface area contributed by atoms with Gasteiger partial charge in [-0.05, 0) is 25.1 Å². The van der Waals surface area contributed by atoms with Crippen molar-refractivity contribution in [2.45, 2.75) is 20.0 Å². The SMILES string of the molecule is CNC[C@@H](C)C(=O)N1CCO[C@@H](c2ccccc2C)C1. The van der Waals surface area contributed by atoms with Crippen LogP contribution in [-0.2, 0) is 9.53 Å². The number of morpholine rings is 1. The van der Waals surface area contributed by atoms with Crippen LogP contribution in [0.2, 0.25) is 0 Å². The van der Waals surface area contributed by atoms with Crippen LogP contribution in [0.3, 0.4) is 0 Å². The van der Waals surface area contributed by atoms with Gasteiger partial charge in [0.2, 0.25) is 5.91 Å². The van der Waals surface area contributed by atoms with Gasteiger partial charge in [0, 0.05) is 19.0 Å². The number of aryl methyl sites for hydroxylation is 1. The van der Waals surface area contributed by atoms with E-state index < -0.39 is 0 Å². The third kappa shape index (κ3) is 3.38. The van der Waals surface area contributed by atoms with Gasteiger partial charge in [-0.1, -0.05) is 31.2 Å². The Kier molecular flexibility index (Phi) is 5.15. The fourth-order valence-electron chi connectivity index (χ4n) is 2.69. The maximum absolute atomic E-state index is 12.4. The van der Waals surface area contributed by atoms with E-state index in [9.17, 15) is 4.79 Å². The van der Waals surface area contributed by atoms with Crippen LogP contribution >= 0.6 is 0 Å². The second-order valence-corrected chi connectivity index (χ2v) is 5.46. The molecule has 0 aromatic heterocycles. The zero-order valence-electron chi connectivity index (χ0n) is 12.6. The lowest BCUT2D eigenvalue weighted by atomic mass is 10.0. The van der Waals surface area contributed by atoms with Crippen molar-refractivity contribution in [2.75, 3.05) is 33.3 Å². The van der Waals surface area contributed by atoms with Gasteiger partial charge < -0.3 is 15.0 Å². The Morgan fingerprint density at radius 3 is 2.95 bits per heavy atom. The fourth-order valence-corrected chi connectivity index (χ4v) is 2.69. The summed E-state index contributed by atoms with van der Waals surface area (Å²) in [7, 11) is 1.87. The number of ether oxygens (including phenoxy) is 1. The smallest absolute Gasteiger partial charge is 0.226 e. The third-order valence-corrected chi connectivity index (χ3v) is 3.85. The highest BCUT2D eigenvalue weighted by atomic mass is 16.5. The van der Waals surface area contributed by atoms with Gasteiger partial charge in [0.1, 0.15) is 6.10 Å². The molecule has 2 atom stereocenters. The number of amides is 1. The molecule has 1 saturated heterocycles. The quantitative estimate of drug-likeness (QED) is 0.911. The Morgan fingerprint density at radius 2 is 2.25 bits per heavy atom. The molecule has 0 aliphatic carbocycles. The van der Waals surface area contributed by atoms with Gasteiger partial charge in [0.15, 0.2) is 0 Å². The molecule has 1 heterocycles. The number of rotatable bonds is 4. The van der Waals surface area contributed by atoms with Gasteiger partial charge in [-0.15, -0.1) is 0 Å². The van der Waals surface area contributed by atoms with E-state index in [1.165, 1.54) is 11.1 Å². The number of carbonyl (C=O) groups excluding carboxylic acids is 1. The van der Waals surface area contributed by atoms with Crippen molar-refractivity contribution < 1.29 is 9.53 Å². The lowest BCUT2D eigenvalue weighted by Crippen LogP contribution is -2.46. The molecule has 110 valence electrons. The zero-order chi connectivity index (χ0) is 14.5. The van der Waals surface area contributed by atoms with Crippen LogP contribution in [0, 0.1) is 12.8 Å². The molecule has 1 aromatic carbocycles. The monoisotopic (exact) mass is 276 g/mol. The molecular formula is C16H24N2O2. The number of nitrogens with one attached hydrogen (secondary N) is 1. The summed E-state index contributed by atoms with van der Waals surface area (Å²) in [6, 6.07) is 8.23. The summed E-state index contributed by atoms with van der Waals surface area (Å²) < 4.78 is 5.86. The largest absolute Gasteiger partial charge is 0.370 e. The van der Waals surface area contributed by atoms with Crippen LogP contribution < -0.4 is 5.32 Å². The minimum Gasteiger partial charge on any atom is -0.370 e. The first-order chi connectivity index (χ1) is 9.63. The normalized spacial score (nSPS) is 20.8. The summed E-state index contributed by atoms with van der Waals surface area (Å²) in [5.41, 5.74) is 2.40. The number of benzene rings is 1. The van der Waals surface area contributed by atoms with E-state index >= 15 is 0 Å². The Labute approximate surface area is 121 Å². The second kappa shape index (κ2) is 6.86. The summed E-state index contributed by atoms with van der Waals surface area (Å²) >= 11 is 0. The molecule has 0 saturated carbocycles. The van der Waals surface area contributed by atoms with Crippen molar-refractivity contribution in [1.29, 1.82) is 0 Å². The van der Waals surface area contributed by atoms with Gasteiger partial charge in [-0.25, -0.2) is 0 Å². The zero-order valence-corrected chi connectivity index (χ0v) is 12.6. The molecule has 0 radical (unpaired) electrons. The van der Waals surface area contributed by atoms with Crippen molar-refractivity contribution >= 4 is 5.91 Å². The average molecular weight is 276 g/mol. The molecule has 1 N–H and O–H groups in total. The number of hydrogen-bond donors (Lipinski definition) is 1. The summed E-state index contributed by atoms with van der Waals surface area (Å²) in [4.78, 5) is 14.3. The topological polar surface area (TPSA) is 41.6 Å². The van der Waals surface area contributed by atoms with Crippen molar-refractivity contribution in [3.63, 3.8) is 0 Å². The predicted molar refractivity (Wildman–Crippen MR) is 79.5 cm³/mol. The van der Waals surface area contributed by atoms with Gasteiger partial charge >= 0.3 is 0 Å². The lowest BCUT2D eigenvalue weighted by Gasteiger charge is -2.35. The molecule has 20 heavy (non-hydrogen) atoms. The molecule has 1 aliphatic heterocycles. The van der Waals surface area contributed by atoms with Gasteiger partial charge in [0.05, 0.1) is 13.2 Å². The van der Waals surface area contributed by atoms with Gasteiger partial charge in [0.25, 0.3) is 0 Å². The van der Waals surface area contributed by atoms with Crippen LogP contribution in [-0.4, -0.2) is 44.1 Å².